The molecule has 1 aromatic carbocycles. The molecule has 10 nitrogen and oxygen atoms in total. The molecule has 0 fully saturated rings. The second kappa shape index (κ2) is 6.93. The molecule has 1 unspecified atom stereocenters. The van der Waals surface area contributed by atoms with Gasteiger partial charge in [-0.3, -0.25) is 0 Å². The summed E-state index contributed by atoms with van der Waals surface area (Å²) in [5.74, 6) is -2.65. The minimum atomic E-state index is -4.19. The van der Waals surface area contributed by atoms with Gasteiger partial charge in [-0.2, -0.15) is 4.98 Å². The lowest BCUT2D eigenvalue weighted by Crippen LogP contribution is -2.48. The number of fused-ring (bicyclic) bond motifs is 1. The molecule has 0 amide bonds. The van der Waals surface area contributed by atoms with Gasteiger partial charge >= 0.3 is 11.7 Å². The first-order chi connectivity index (χ1) is 12.3. The maximum absolute atomic E-state index is 12.1. The summed E-state index contributed by atoms with van der Waals surface area (Å²) in [5.41, 5.74) is 0.137. The zero-order valence-electron chi connectivity index (χ0n) is 14.7. The number of carboxylic acids is 1. The van der Waals surface area contributed by atoms with Gasteiger partial charge in [0.1, 0.15) is 17.4 Å². The molecule has 1 atom stereocenters. The van der Waals surface area contributed by atoms with Crippen LogP contribution in [0.25, 0.3) is 11.0 Å². The molecule has 2 N–H and O–H groups in total. The molecule has 12 heteroatoms. The fraction of sp³-hybridized carbons (Fsp3) is 0.400. The maximum Gasteiger partial charge on any atom is 0.441 e. The monoisotopic (exact) mass is 418 g/mol. The number of carboxylic acid groups (broad SMARTS) is 1. The molecule has 0 saturated carbocycles. The average Bonchev–Trinajstić information content (AvgIpc) is 2.51. The van der Waals surface area contributed by atoms with Crippen molar-refractivity contribution in [1.82, 2.24) is 4.98 Å². The predicted octanol–water partition coefficient (Wildman–Crippen LogP) is 0.249. The topological polar surface area (TPSA) is 161 Å². The summed E-state index contributed by atoms with van der Waals surface area (Å²) < 4.78 is 50.9. The Balaban J connectivity index is 2.55. The van der Waals surface area contributed by atoms with Crippen LogP contribution in [0.2, 0.25) is 0 Å². The lowest BCUT2D eigenvalue weighted by Gasteiger charge is -2.29. The number of aliphatic carboxylic acids is 1. The Morgan fingerprint density at radius 1 is 1.22 bits per heavy atom. The SMILES string of the molecule is CC(CC(Nc1nc(=O)oc2ccccc12)C(=O)O)(S(C)(=O)=O)S(C)(=O)=O. The summed E-state index contributed by atoms with van der Waals surface area (Å²) in [6, 6.07) is 4.52. The van der Waals surface area contributed by atoms with Gasteiger partial charge in [-0.15, -0.1) is 0 Å². The number of anilines is 1. The second-order valence-electron chi connectivity index (χ2n) is 6.24. The molecule has 2 aromatic rings. The molecule has 2 rings (SSSR count). The number of sulfone groups is 2. The molecule has 0 spiro atoms. The van der Waals surface area contributed by atoms with E-state index in [0.29, 0.717) is 0 Å². The molecule has 0 aliphatic carbocycles. The van der Waals surface area contributed by atoms with Crippen LogP contribution in [0.1, 0.15) is 13.3 Å². The molecule has 1 heterocycles. The van der Waals surface area contributed by atoms with E-state index in [2.05, 4.69) is 10.3 Å². The number of carbonyl (C=O) groups is 1. The Morgan fingerprint density at radius 2 is 1.78 bits per heavy atom. The van der Waals surface area contributed by atoms with E-state index in [9.17, 15) is 31.5 Å². The molecule has 148 valence electrons. The Morgan fingerprint density at radius 3 is 2.30 bits per heavy atom. The van der Waals surface area contributed by atoms with Crippen molar-refractivity contribution >= 4 is 42.4 Å². The predicted molar refractivity (Wildman–Crippen MR) is 98.0 cm³/mol. The third-order valence-corrected chi connectivity index (χ3v) is 9.58. The highest BCUT2D eigenvalue weighted by molar-refractivity contribution is 8.09. The van der Waals surface area contributed by atoms with E-state index < -0.39 is 47.9 Å². The van der Waals surface area contributed by atoms with E-state index in [1.807, 2.05) is 0 Å². The number of benzene rings is 1. The van der Waals surface area contributed by atoms with E-state index in [-0.39, 0.29) is 16.8 Å². The van der Waals surface area contributed by atoms with E-state index in [0.717, 1.165) is 19.4 Å². The Kier molecular flexibility index (Phi) is 5.34. The zero-order valence-corrected chi connectivity index (χ0v) is 16.3. The summed E-state index contributed by atoms with van der Waals surface area (Å²) in [4.78, 5) is 26.9. The third-order valence-electron chi connectivity index (χ3n) is 4.30. The Bertz CT molecular complexity index is 1120. The number of para-hydroxylation sites is 1. The molecule has 0 radical (unpaired) electrons. The number of nitrogens with one attached hydrogen (secondary N) is 1. The number of aromatic nitrogens is 1. The first-order valence-electron chi connectivity index (χ1n) is 7.55. The van der Waals surface area contributed by atoms with E-state index in [4.69, 9.17) is 4.42 Å². The molecule has 0 saturated heterocycles. The van der Waals surface area contributed by atoms with Crippen molar-refractivity contribution < 1.29 is 31.2 Å². The molecular weight excluding hydrogens is 400 g/mol. The number of rotatable bonds is 7. The van der Waals surface area contributed by atoms with Crippen molar-refractivity contribution in [2.24, 2.45) is 0 Å². The van der Waals surface area contributed by atoms with Crippen LogP contribution in [0, 0.1) is 0 Å². The van der Waals surface area contributed by atoms with Crippen molar-refractivity contribution in [2.45, 2.75) is 23.5 Å². The first kappa shape index (κ1) is 20.8. The number of nitrogens with zero attached hydrogens (tertiary/aromatic N) is 1. The lowest BCUT2D eigenvalue weighted by atomic mass is 10.1. The summed E-state index contributed by atoms with van der Waals surface area (Å²) in [6.07, 6.45) is 0.645. The number of hydrogen-bond donors (Lipinski definition) is 2. The van der Waals surface area contributed by atoms with Crippen LogP contribution < -0.4 is 11.1 Å². The summed E-state index contributed by atoms with van der Waals surface area (Å²) in [7, 11) is -8.37. The van der Waals surface area contributed by atoms with Crippen LogP contribution in [0.15, 0.2) is 33.5 Å². The molecule has 0 aliphatic heterocycles. The quantitative estimate of drug-likeness (QED) is 0.637. The fourth-order valence-corrected chi connectivity index (χ4v) is 5.58. The number of hydrogen-bond acceptors (Lipinski definition) is 9. The van der Waals surface area contributed by atoms with Gasteiger partial charge in [-0.05, 0) is 19.1 Å². The van der Waals surface area contributed by atoms with Gasteiger partial charge in [0.2, 0.25) is 0 Å². The molecule has 0 aliphatic rings. The van der Waals surface area contributed by atoms with Crippen LogP contribution in [0.3, 0.4) is 0 Å². The van der Waals surface area contributed by atoms with Gasteiger partial charge in [0.05, 0.1) is 5.39 Å². The molecular formula is C15H18N2O8S2. The zero-order chi connectivity index (χ0) is 20.6. The van der Waals surface area contributed by atoms with E-state index >= 15 is 0 Å². The highest BCUT2D eigenvalue weighted by atomic mass is 32.3. The standard InChI is InChI=1S/C15H18N2O8S2/c1-15(26(2,21)22,27(3,23)24)8-10(13(18)19)16-12-9-6-4-5-7-11(9)25-14(20)17-12/h4-7,10H,8H2,1-3H3,(H,18,19)(H,16,17,20). The van der Waals surface area contributed by atoms with E-state index in [1.165, 1.54) is 12.1 Å². The van der Waals surface area contributed by atoms with Crippen LogP contribution in [-0.2, 0) is 24.5 Å². The Labute approximate surface area is 155 Å². The molecule has 27 heavy (non-hydrogen) atoms. The largest absolute Gasteiger partial charge is 0.480 e. The maximum atomic E-state index is 12.1. The molecule has 1 aromatic heterocycles. The first-order valence-corrected chi connectivity index (χ1v) is 11.3. The van der Waals surface area contributed by atoms with E-state index in [1.54, 1.807) is 12.1 Å². The van der Waals surface area contributed by atoms with Gasteiger partial charge in [0.15, 0.2) is 23.8 Å². The Hall–Kier alpha value is -2.47. The highest BCUT2D eigenvalue weighted by Crippen LogP contribution is 2.30. The fourth-order valence-electron chi connectivity index (χ4n) is 2.44. The average molecular weight is 418 g/mol. The minimum absolute atomic E-state index is 0.137. The van der Waals surface area contributed by atoms with Gasteiger partial charge in [0, 0.05) is 18.9 Å². The van der Waals surface area contributed by atoms with Crippen molar-refractivity contribution in [1.29, 1.82) is 0 Å². The molecule has 0 bridgehead atoms. The van der Waals surface area contributed by atoms with Crippen molar-refractivity contribution in [3.05, 3.63) is 34.8 Å². The normalized spacial score (nSPS) is 14.0. The van der Waals surface area contributed by atoms with Gasteiger partial charge in [0.25, 0.3) is 0 Å². The minimum Gasteiger partial charge on any atom is -0.480 e. The lowest BCUT2D eigenvalue weighted by molar-refractivity contribution is -0.138. The van der Waals surface area contributed by atoms with Gasteiger partial charge < -0.3 is 14.8 Å². The van der Waals surface area contributed by atoms with Crippen molar-refractivity contribution in [3.8, 4) is 0 Å². The van der Waals surface area contributed by atoms with Crippen LogP contribution in [0.5, 0.6) is 0 Å². The van der Waals surface area contributed by atoms with Crippen LogP contribution in [-0.4, -0.2) is 55.5 Å². The van der Waals surface area contributed by atoms with Gasteiger partial charge in [-0.25, -0.2) is 26.4 Å². The second-order valence-corrected chi connectivity index (χ2v) is 11.4. The summed E-state index contributed by atoms with van der Waals surface area (Å²) >= 11 is 0. The van der Waals surface area contributed by atoms with Crippen molar-refractivity contribution in [2.75, 3.05) is 17.8 Å². The van der Waals surface area contributed by atoms with Crippen LogP contribution in [0.4, 0.5) is 5.82 Å². The smallest absolute Gasteiger partial charge is 0.441 e. The highest BCUT2D eigenvalue weighted by Gasteiger charge is 2.48. The van der Waals surface area contributed by atoms with Crippen LogP contribution >= 0.6 is 0 Å². The van der Waals surface area contributed by atoms with Crippen molar-refractivity contribution in [3.63, 3.8) is 0 Å². The summed E-state index contributed by atoms with van der Waals surface area (Å²) in [6.45, 7) is 0.945. The van der Waals surface area contributed by atoms with Gasteiger partial charge in [-0.1, -0.05) is 12.1 Å². The third kappa shape index (κ3) is 4.11. The summed E-state index contributed by atoms with van der Waals surface area (Å²) in [5, 5.41) is 12.2.